The normalized spacial score (nSPS) is 14.1. The lowest BCUT2D eigenvalue weighted by molar-refractivity contribution is -0.119. The van der Waals surface area contributed by atoms with E-state index in [9.17, 15) is 9.18 Å². The first kappa shape index (κ1) is 22.2. The summed E-state index contributed by atoms with van der Waals surface area (Å²) < 4.78 is 26.9. The van der Waals surface area contributed by atoms with Crippen molar-refractivity contribution in [2.75, 3.05) is 19.0 Å². The molecular weight excluding hydrogens is 429 g/mol. The van der Waals surface area contributed by atoms with E-state index in [4.69, 9.17) is 9.47 Å². The summed E-state index contributed by atoms with van der Waals surface area (Å²) in [5, 5.41) is 3.76. The summed E-state index contributed by atoms with van der Waals surface area (Å²) in [5.74, 6) is 1.41. The smallest absolute Gasteiger partial charge is 0.230 e. The lowest BCUT2D eigenvalue weighted by Crippen LogP contribution is -2.33. The topological polar surface area (TPSA) is 65.4 Å². The highest BCUT2D eigenvalue weighted by atomic mass is 32.2. The standard InChI is InChI=1S/C24H26FN3O3S/c1-16(2)23(17-7-8-20-21(13-17)31-12-4-11-30-20)27-22(29)15-32-24-26-9-10-28(24)19-6-3-5-18(25)14-19/h3,5-10,13-14,16,23H,4,11-12,15H2,1-2H3,(H,27,29). The number of aromatic nitrogens is 2. The van der Waals surface area contributed by atoms with Gasteiger partial charge in [0.15, 0.2) is 16.7 Å². The zero-order chi connectivity index (χ0) is 22.5. The summed E-state index contributed by atoms with van der Waals surface area (Å²) in [5.41, 5.74) is 1.64. The van der Waals surface area contributed by atoms with Crippen molar-refractivity contribution in [1.82, 2.24) is 14.9 Å². The Balaban J connectivity index is 1.43. The highest BCUT2D eigenvalue weighted by molar-refractivity contribution is 7.99. The molecule has 1 aromatic heterocycles. The monoisotopic (exact) mass is 455 g/mol. The summed E-state index contributed by atoms with van der Waals surface area (Å²) in [6.45, 7) is 5.39. The third-order valence-corrected chi connectivity index (χ3v) is 6.11. The van der Waals surface area contributed by atoms with E-state index in [-0.39, 0.29) is 29.4 Å². The molecule has 1 aliphatic rings. The van der Waals surface area contributed by atoms with E-state index in [2.05, 4.69) is 24.1 Å². The van der Waals surface area contributed by atoms with Crippen LogP contribution in [-0.2, 0) is 4.79 Å². The van der Waals surface area contributed by atoms with E-state index in [0.717, 1.165) is 17.7 Å². The molecule has 1 amide bonds. The van der Waals surface area contributed by atoms with Crippen molar-refractivity contribution in [3.8, 4) is 17.2 Å². The number of ether oxygens (including phenoxy) is 2. The van der Waals surface area contributed by atoms with E-state index >= 15 is 0 Å². The molecule has 0 fully saturated rings. The van der Waals surface area contributed by atoms with Crippen molar-refractivity contribution in [3.05, 3.63) is 66.2 Å². The fraction of sp³-hybridized carbons (Fsp3) is 0.333. The van der Waals surface area contributed by atoms with Crippen LogP contribution in [0.2, 0.25) is 0 Å². The lowest BCUT2D eigenvalue weighted by Gasteiger charge is -2.24. The van der Waals surface area contributed by atoms with Gasteiger partial charge in [0.25, 0.3) is 0 Å². The fourth-order valence-electron chi connectivity index (χ4n) is 3.57. The van der Waals surface area contributed by atoms with Gasteiger partial charge in [-0.1, -0.05) is 37.7 Å². The van der Waals surface area contributed by atoms with Crippen LogP contribution >= 0.6 is 11.8 Å². The predicted molar refractivity (Wildman–Crippen MR) is 122 cm³/mol. The van der Waals surface area contributed by atoms with Crippen molar-refractivity contribution in [1.29, 1.82) is 0 Å². The number of benzene rings is 2. The summed E-state index contributed by atoms with van der Waals surface area (Å²) in [7, 11) is 0. The predicted octanol–water partition coefficient (Wildman–Crippen LogP) is 4.78. The molecule has 32 heavy (non-hydrogen) atoms. The number of hydrogen-bond donors (Lipinski definition) is 1. The van der Waals surface area contributed by atoms with Gasteiger partial charge in [-0.15, -0.1) is 0 Å². The van der Waals surface area contributed by atoms with Gasteiger partial charge in [-0.3, -0.25) is 9.36 Å². The third-order valence-electron chi connectivity index (χ3n) is 5.14. The number of thioether (sulfide) groups is 1. The van der Waals surface area contributed by atoms with E-state index < -0.39 is 0 Å². The maximum atomic E-state index is 13.6. The Bertz CT molecular complexity index is 1090. The second-order valence-electron chi connectivity index (χ2n) is 7.89. The lowest BCUT2D eigenvalue weighted by atomic mass is 9.95. The maximum absolute atomic E-state index is 13.6. The van der Waals surface area contributed by atoms with Gasteiger partial charge < -0.3 is 14.8 Å². The SMILES string of the molecule is CC(C)C(NC(=O)CSc1nccn1-c1cccc(F)c1)c1ccc2c(c1)OCCCO2. The molecule has 1 atom stereocenters. The minimum atomic E-state index is -0.320. The number of hydrogen-bond acceptors (Lipinski definition) is 5. The molecule has 0 radical (unpaired) electrons. The number of carbonyl (C=O) groups is 1. The Morgan fingerprint density at radius 1 is 1.19 bits per heavy atom. The summed E-state index contributed by atoms with van der Waals surface area (Å²) in [6, 6.07) is 11.9. The van der Waals surface area contributed by atoms with Crippen molar-refractivity contribution >= 4 is 17.7 Å². The van der Waals surface area contributed by atoms with Crippen LogP contribution in [0.25, 0.3) is 5.69 Å². The number of imidazole rings is 1. The van der Waals surface area contributed by atoms with E-state index in [1.54, 1.807) is 29.1 Å². The van der Waals surface area contributed by atoms with Crippen molar-refractivity contribution < 1.29 is 18.7 Å². The van der Waals surface area contributed by atoms with E-state index in [1.807, 2.05) is 18.2 Å². The Morgan fingerprint density at radius 3 is 2.78 bits per heavy atom. The molecule has 0 spiro atoms. The van der Waals surface area contributed by atoms with E-state index in [1.165, 1.54) is 23.9 Å². The quantitative estimate of drug-likeness (QED) is 0.520. The van der Waals surface area contributed by atoms with Crippen LogP contribution in [0.3, 0.4) is 0 Å². The molecule has 3 aromatic rings. The molecule has 1 N–H and O–H groups in total. The average molecular weight is 456 g/mol. The molecule has 168 valence electrons. The highest BCUT2D eigenvalue weighted by Crippen LogP contribution is 2.34. The summed E-state index contributed by atoms with van der Waals surface area (Å²) in [6.07, 6.45) is 4.24. The molecule has 0 bridgehead atoms. The number of nitrogens with one attached hydrogen (secondary N) is 1. The molecule has 1 unspecified atom stereocenters. The van der Waals surface area contributed by atoms with Crippen LogP contribution in [-0.4, -0.2) is 34.4 Å². The van der Waals surface area contributed by atoms with Gasteiger partial charge in [0.05, 0.1) is 30.7 Å². The Morgan fingerprint density at radius 2 is 2.00 bits per heavy atom. The Hall–Kier alpha value is -3.00. The van der Waals surface area contributed by atoms with Gasteiger partial charge >= 0.3 is 0 Å². The van der Waals surface area contributed by atoms with Crippen LogP contribution in [0.5, 0.6) is 11.5 Å². The van der Waals surface area contributed by atoms with Gasteiger partial charge in [0.1, 0.15) is 5.82 Å². The number of halogens is 1. The zero-order valence-corrected chi connectivity index (χ0v) is 18.9. The van der Waals surface area contributed by atoms with Crippen molar-refractivity contribution in [2.24, 2.45) is 5.92 Å². The molecule has 0 aliphatic carbocycles. The van der Waals surface area contributed by atoms with Crippen LogP contribution in [0, 0.1) is 11.7 Å². The molecule has 0 saturated carbocycles. The molecule has 6 nitrogen and oxygen atoms in total. The number of fused-ring (bicyclic) bond motifs is 1. The molecule has 4 rings (SSSR count). The summed E-state index contributed by atoms with van der Waals surface area (Å²) >= 11 is 1.31. The minimum Gasteiger partial charge on any atom is -0.490 e. The second-order valence-corrected chi connectivity index (χ2v) is 8.84. The van der Waals surface area contributed by atoms with Crippen molar-refractivity contribution in [2.45, 2.75) is 31.5 Å². The Kier molecular flexibility index (Phi) is 6.99. The Labute approximate surface area is 191 Å². The van der Waals surface area contributed by atoms with Gasteiger partial charge in [-0.25, -0.2) is 9.37 Å². The first-order valence-electron chi connectivity index (χ1n) is 10.6. The molecule has 0 saturated heterocycles. The second kappa shape index (κ2) is 10.1. The number of carbonyl (C=O) groups excluding carboxylic acids is 1. The zero-order valence-electron chi connectivity index (χ0n) is 18.1. The first-order valence-corrected chi connectivity index (χ1v) is 11.6. The number of amides is 1. The average Bonchev–Trinajstić information content (AvgIpc) is 3.12. The van der Waals surface area contributed by atoms with Gasteiger partial charge in [-0.05, 0) is 41.8 Å². The fourth-order valence-corrected chi connectivity index (χ4v) is 4.36. The van der Waals surface area contributed by atoms with E-state index in [0.29, 0.717) is 29.8 Å². The number of nitrogens with zero attached hydrogens (tertiary/aromatic N) is 2. The molecule has 2 heterocycles. The molecular formula is C24H26FN3O3S. The summed E-state index contributed by atoms with van der Waals surface area (Å²) in [4.78, 5) is 17.1. The van der Waals surface area contributed by atoms with Gasteiger partial charge in [0.2, 0.25) is 5.91 Å². The third kappa shape index (κ3) is 5.24. The molecule has 2 aromatic carbocycles. The van der Waals surface area contributed by atoms with Crippen LogP contribution in [0.15, 0.2) is 60.0 Å². The molecule has 1 aliphatic heterocycles. The first-order chi connectivity index (χ1) is 15.5. The minimum absolute atomic E-state index is 0.102. The van der Waals surface area contributed by atoms with Crippen molar-refractivity contribution in [3.63, 3.8) is 0 Å². The van der Waals surface area contributed by atoms with Crippen LogP contribution < -0.4 is 14.8 Å². The maximum Gasteiger partial charge on any atom is 0.230 e. The van der Waals surface area contributed by atoms with Crippen LogP contribution in [0.4, 0.5) is 4.39 Å². The van der Waals surface area contributed by atoms with Gasteiger partial charge in [0, 0.05) is 18.8 Å². The molecule has 8 heteroatoms. The number of rotatable bonds is 7. The van der Waals surface area contributed by atoms with Gasteiger partial charge in [-0.2, -0.15) is 0 Å². The largest absolute Gasteiger partial charge is 0.490 e. The van der Waals surface area contributed by atoms with Crippen LogP contribution in [0.1, 0.15) is 31.9 Å². The highest BCUT2D eigenvalue weighted by Gasteiger charge is 2.21.